The molecule has 1 aliphatic carbocycles. The van der Waals surface area contributed by atoms with Crippen molar-refractivity contribution in [3.8, 4) is 0 Å². The largest absolute Gasteiger partial charge is 0.358 e. The van der Waals surface area contributed by atoms with Crippen LogP contribution in [0.3, 0.4) is 0 Å². The predicted octanol–water partition coefficient (Wildman–Crippen LogP) is 4.13. The van der Waals surface area contributed by atoms with Crippen molar-refractivity contribution in [1.82, 2.24) is 15.2 Å². The van der Waals surface area contributed by atoms with E-state index in [-0.39, 0.29) is 17.4 Å². The number of piperidine rings is 1. The Balaban J connectivity index is 1.63. The number of likely N-dealkylation sites (tertiary alicyclic amines) is 1. The average Bonchev–Trinajstić information content (AvgIpc) is 2.98. The summed E-state index contributed by atoms with van der Waals surface area (Å²) in [6, 6.07) is 7.41. The molecule has 2 heterocycles. The Bertz CT molecular complexity index is 864. The van der Waals surface area contributed by atoms with Gasteiger partial charge in [0.2, 0.25) is 5.91 Å². The molecule has 27 heavy (non-hydrogen) atoms. The van der Waals surface area contributed by atoms with Gasteiger partial charge >= 0.3 is 0 Å². The van der Waals surface area contributed by atoms with E-state index in [2.05, 4.69) is 68.1 Å². The van der Waals surface area contributed by atoms with Gasteiger partial charge in [-0.2, -0.15) is 0 Å². The van der Waals surface area contributed by atoms with Crippen molar-refractivity contribution in [2.24, 2.45) is 5.41 Å². The molecule has 4 rings (SSSR count). The molecule has 2 aromatic rings. The lowest BCUT2D eigenvalue weighted by Gasteiger charge is -2.46. The highest BCUT2D eigenvalue weighted by molar-refractivity contribution is 5.89. The maximum atomic E-state index is 12.9. The number of benzene rings is 1. The summed E-state index contributed by atoms with van der Waals surface area (Å²) in [5.41, 5.74) is 5.26. The van der Waals surface area contributed by atoms with E-state index in [1.807, 2.05) is 0 Å². The quantitative estimate of drug-likeness (QED) is 0.853. The highest BCUT2D eigenvalue weighted by Crippen LogP contribution is 2.44. The Morgan fingerprint density at radius 2 is 2.07 bits per heavy atom. The van der Waals surface area contributed by atoms with E-state index < -0.39 is 0 Å². The second-order valence-corrected chi connectivity index (χ2v) is 8.99. The van der Waals surface area contributed by atoms with Crippen LogP contribution < -0.4 is 5.32 Å². The van der Waals surface area contributed by atoms with Crippen molar-refractivity contribution >= 4 is 16.8 Å². The first kappa shape index (κ1) is 18.5. The van der Waals surface area contributed by atoms with E-state index in [0.717, 1.165) is 32.2 Å². The third kappa shape index (κ3) is 2.89. The van der Waals surface area contributed by atoms with Gasteiger partial charge in [-0.15, -0.1) is 0 Å². The predicted molar refractivity (Wildman–Crippen MR) is 111 cm³/mol. The lowest BCUT2D eigenvalue weighted by atomic mass is 9.73. The number of carbonyl (C=O) groups is 1. The van der Waals surface area contributed by atoms with Crippen LogP contribution >= 0.6 is 0 Å². The number of hydrogen-bond donors (Lipinski definition) is 2. The molecular weight excluding hydrogens is 334 g/mol. The molecule has 0 saturated carbocycles. The van der Waals surface area contributed by atoms with Gasteiger partial charge in [-0.25, -0.2) is 0 Å². The minimum Gasteiger partial charge on any atom is -0.358 e. The van der Waals surface area contributed by atoms with Gasteiger partial charge in [-0.05, 0) is 56.8 Å². The number of aromatic nitrogens is 1. The van der Waals surface area contributed by atoms with E-state index in [4.69, 9.17) is 0 Å². The van der Waals surface area contributed by atoms with Crippen molar-refractivity contribution in [3.05, 3.63) is 35.0 Å². The van der Waals surface area contributed by atoms with Crippen LogP contribution in [0.25, 0.3) is 10.9 Å². The summed E-state index contributed by atoms with van der Waals surface area (Å²) in [6.45, 7) is 9.45. The summed E-state index contributed by atoms with van der Waals surface area (Å²) in [7, 11) is 2.22. The molecule has 4 heteroatoms. The highest BCUT2D eigenvalue weighted by Gasteiger charge is 2.41. The summed E-state index contributed by atoms with van der Waals surface area (Å²) in [5, 5.41) is 4.83. The Morgan fingerprint density at radius 1 is 1.33 bits per heavy atom. The van der Waals surface area contributed by atoms with Crippen LogP contribution in [0.5, 0.6) is 0 Å². The number of aromatic amines is 1. The van der Waals surface area contributed by atoms with Gasteiger partial charge in [-0.1, -0.05) is 32.9 Å². The Morgan fingerprint density at radius 3 is 2.78 bits per heavy atom. The number of likely N-dealkylation sites (N-methyl/N-ethyl adjacent to an activating group) is 1. The van der Waals surface area contributed by atoms with Crippen LogP contribution in [-0.2, 0) is 11.2 Å². The first-order valence-corrected chi connectivity index (χ1v) is 10.5. The Hall–Kier alpha value is -1.81. The molecule has 1 aromatic carbocycles. The number of rotatable bonds is 4. The van der Waals surface area contributed by atoms with Gasteiger partial charge < -0.3 is 15.2 Å². The van der Waals surface area contributed by atoms with Crippen molar-refractivity contribution in [3.63, 3.8) is 0 Å². The van der Waals surface area contributed by atoms with Gasteiger partial charge in [0.1, 0.15) is 0 Å². The molecule has 1 aromatic heterocycles. The van der Waals surface area contributed by atoms with Crippen LogP contribution in [0.1, 0.15) is 62.8 Å². The number of hydrogen-bond acceptors (Lipinski definition) is 2. The Labute approximate surface area is 162 Å². The summed E-state index contributed by atoms with van der Waals surface area (Å²) < 4.78 is 0. The van der Waals surface area contributed by atoms with Crippen molar-refractivity contribution in [1.29, 1.82) is 0 Å². The smallest absolute Gasteiger partial charge is 0.226 e. The summed E-state index contributed by atoms with van der Waals surface area (Å²) in [5.74, 6) is 0.700. The molecule has 2 aliphatic rings. The number of nitrogens with zero attached hydrogens (tertiary/aromatic N) is 1. The monoisotopic (exact) mass is 367 g/mol. The van der Waals surface area contributed by atoms with Crippen LogP contribution in [0, 0.1) is 12.3 Å². The zero-order valence-electron chi connectivity index (χ0n) is 17.4. The molecule has 1 amide bonds. The highest BCUT2D eigenvalue weighted by atomic mass is 16.2. The normalized spacial score (nSPS) is 25.4. The number of carbonyl (C=O) groups excluding carboxylic acids is 1. The molecule has 3 atom stereocenters. The molecule has 0 radical (unpaired) electrons. The molecule has 1 fully saturated rings. The lowest BCUT2D eigenvalue weighted by Crippen LogP contribution is -2.56. The van der Waals surface area contributed by atoms with Crippen molar-refractivity contribution in [2.45, 2.75) is 71.4 Å². The fraction of sp³-hybridized carbons (Fsp3) is 0.609. The minimum atomic E-state index is -0.257. The number of nitrogens with one attached hydrogen (secondary N) is 2. The summed E-state index contributed by atoms with van der Waals surface area (Å²) >= 11 is 0. The average molecular weight is 368 g/mol. The maximum absolute atomic E-state index is 12.9. The minimum absolute atomic E-state index is 0.219. The standard InChI is InChI=1S/C23H33N3O/c1-6-23(4,7-2)22(27)25-15-11-18-16-9-8-10-19-21(16)17(14(3)24-19)12-20(18)26(5)13-15/h8-10,15,18,20,24H,6-7,11-13H2,1-5H3,(H,25,27)/t15-,18+,20+/m0/s1. The molecule has 0 spiro atoms. The van der Waals surface area contributed by atoms with E-state index in [9.17, 15) is 4.79 Å². The SMILES string of the molecule is CCC(C)(CC)C(=O)N[C@H]1C[C@@H]2c3cccc4[nH]c(C)c(c34)C[C@H]2N(C)C1. The first-order chi connectivity index (χ1) is 12.9. The molecule has 0 unspecified atom stereocenters. The molecular formula is C23H33N3O. The van der Waals surface area contributed by atoms with Crippen LogP contribution in [-0.4, -0.2) is 41.5 Å². The zero-order valence-corrected chi connectivity index (χ0v) is 17.4. The molecule has 0 bridgehead atoms. The third-order valence-electron chi connectivity index (χ3n) is 7.51. The molecule has 1 saturated heterocycles. The maximum Gasteiger partial charge on any atom is 0.226 e. The Kier molecular flexibility index (Phi) is 4.58. The number of fused-ring (bicyclic) bond motifs is 2. The molecule has 4 nitrogen and oxygen atoms in total. The van der Waals surface area contributed by atoms with Gasteiger partial charge in [0.15, 0.2) is 0 Å². The van der Waals surface area contributed by atoms with E-state index in [1.165, 1.54) is 27.7 Å². The van der Waals surface area contributed by atoms with Crippen LogP contribution in [0.15, 0.2) is 18.2 Å². The number of aryl methyl sites for hydroxylation is 1. The van der Waals surface area contributed by atoms with Gasteiger partial charge in [0, 0.05) is 46.6 Å². The molecule has 146 valence electrons. The van der Waals surface area contributed by atoms with Gasteiger partial charge in [0.05, 0.1) is 0 Å². The fourth-order valence-electron chi connectivity index (χ4n) is 5.25. The van der Waals surface area contributed by atoms with Gasteiger partial charge in [-0.3, -0.25) is 4.79 Å². The molecule has 1 aliphatic heterocycles. The van der Waals surface area contributed by atoms with Crippen molar-refractivity contribution < 1.29 is 4.79 Å². The summed E-state index contributed by atoms with van der Waals surface area (Å²) in [4.78, 5) is 19.0. The van der Waals surface area contributed by atoms with Crippen molar-refractivity contribution in [2.75, 3.05) is 13.6 Å². The van der Waals surface area contributed by atoms with E-state index in [1.54, 1.807) is 0 Å². The van der Waals surface area contributed by atoms with E-state index in [0.29, 0.717) is 12.0 Å². The zero-order chi connectivity index (χ0) is 19.3. The second kappa shape index (κ2) is 6.66. The number of H-pyrrole nitrogens is 1. The second-order valence-electron chi connectivity index (χ2n) is 8.99. The summed E-state index contributed by atoms with van der Waals surface area (Å²) in [6.07, 6.45) is 3.91. The first-order valence-electron chi connectivity index (χ1n) is 10.5. The van der Waals surface area contributed by atoms with Gasteiger partial charge in [0.25, 0.3) is 0 Å². The topological polar surface area (TPSA) is 48.1 Å². The van der Waals surface area contributed by atoms with Crippen LogP contribution in [0.4, 0.5) is 0 Å². The number of amides is 1. The third-order valence-corrected chi connectivity index (χ3v) is 7.51. The molecule has 2 N–H and O–H groups in total. The van der Waals surface area contributed by atoms with Crippen LogP contribution in [0.2, 0.25) is 0 Å². The fourth-order valence-corrected chi connectivity index (χ4v) is 5.25. The lowest BCUT2D eigenvalue weighted by molar-refractivity contribution is -0.131. The van der Waals surface area contributed by atoms with E-state index >= 15 is 0 Å².